The zero-order chi connectivity index (χ0) is 14.8. The van der Waals surface area contributed by atoms with E-state index < -0.39 is 0 Å². The first-order chi connectivity index (χ1) is 9.69. The van der Waals surface area contributed by atoms with Gasteiger partial charge in [0.25, 0.3) is 0 Å². The van der Waals surface area contributed by atoms with Gasteiger partial charge in [-0.05, 0) is 32.1 Å². The van der Waals surface area contributed by atoms with Crippen LogP contribution in [-0.4, -0.2) is 37.5 Å². The van der Waals surface area contributed by atoms with E-state index in [4.69, 9.17) is 5.26 Å². The monoisotopic (exact) mass is 273 g/mol. The Bertz CT molecular complexity index is 439. The van der Waals surface area contributed by atoms with Crippen molar-refractivity contribution in [1.82, 2.24) is 4.90 Å². The van der Waals surface area contributed by atoms with Gasteiger partial charge in [0.15, 0.2) is 0 Å². The Morgan fingerprint density at radius 1 is 1.25 bits per heavy atom. The molecular weight excluding hydrogens is 250 g/mol. The summed E-state index contributed by atoms with van der Waals surface area (Å²) in [5.74, 6) is 0.0463. The number of nitriles is 1. The van der Waals surface area contributed by atoms with Crippen LogP contribution < -0.4 is 4.90 Å². The van der Waals surface area contributed by atoms with Gasteiger partial charge in [-0.2, -0.15) is 5.26 Å². The Balaban J connectivity index is 2.68. The predicted octanol–water partition coefficient (Wildman–Crippen LogP) is 2.67. The summed E-state index contributed by atoms with van der Waals surface area (Å²) in [5.41, 5.74) is 0.858. The first-order valence-corrected chi connectivity index (χ1v) is 7.10. The van der Waals surface area contributed by atoms with Crippen molar-refractivity contribution in [1.29, 1.82) is 5.26 Å². The number of carbonyl (C=O) groups is 1. The first kappa shape index (κ1) is 16.2. The van der Waals surface area contributed by atoms with Crippen molar-refractivity contribution in [3.63, 3.8) is 0 Å². The Labute approximate surface area is 121 Å². The van der Waals surface area contributed by atoms with Crippen LogP contribution in [-0.2, 0) is 4.79 Å². The van der Waals surface area contributed by atoms with Crippen LogP contribution in [0.4, 0.5) is 5.69 Å². The third-order valence-corrected chi connectivity index (χ3v) is 3.11. The smallest absolute Gasteiger partial charge is 0.241 e. The first-order valence-electron chi connectivity index (χ1n) is 7.10. The van der Waals surface area contributed by atoms with E-state index in [1.807, 2.05) is 42.3 Å². The summed E-state index contributed by atoms with van der Waals surface area (Å²) in [5, 5.41) is 8.74. The molecule has 0 unspecified atom stereocenters. The van der Waals surface area contributed by atoms with Crippen molar-refractivity contribution in [2.24, 2.45) is 0 Å². The number of benzene rings is 1. The fourth-order valence-corrected chi connectivity index (χ4v) is 1.99. The minimum atomic E-state index is 0.0463. The number of amides is 1. The summed E-state index contributed by atoms with van der Waals surface area (Å²) in [6.07, 6.45) is 2.56. The molecule has 1 amide bonds. The highest BCUT2D eigenvalue weighted by atomic mass is 16.2. The topological polar surface area (TPSA) is 47.3 Å². The second-order valence-electron chi connectivity index (χ2n) is 4.88. The van der Waals surface area contributed by atoms with Gasteiger partial charge in [0.05, 0.1) is 19.0 Å². The number of likely N-dealkylation sites (N-methyl/N-ethyl adjacent to an activating group) is 1. The minimum Gasteiger partial charge on any atom is -0.310 e. The molecule has 0 fully saturated rings. The zero-order valence-electron chi connectivity index (χ0n) is 12.4. The van der Waals surface area contributed by atoms with Gasteiger partial charge in [0.2, 0.25) is 5.91 Å². The van der Waals surface area contributed by atoms with Crippen molar-refractivity contribution >= 4 is 11.6 Å². The quantitative estimate of drug-likeness (QED) is 0.731. The molecule has 0 bridgehead atoms. The molecule has 0 atom stereocenters. The molecule has 0 saturated heterocycles. The molecule has 4 heteroatoms. The van der Waals surface area contributed by atoms with Gasteiger partial charge in [0.1, 0.15) is 0 Å². The van der Waals surface area contributed by atoms with E-state index in [0.717, 1.165) is 25.1 Å². The number of para-hydroxylation sites is 1. The summed E-state index contributed by atoms with van der Waals surface area (Å²) >= 11 is 0. The molecule has 20 heavy (non-hydrogen) atoms. The normalized spacial score (nSPS) is 10.3. The van der Waals surface area contributed by atoms with E-state index in [9.17, 15) is 4.79 Å². The SMILES string of the molecule is CCCCN(C)CC(=O)N(CCC#N)c1ccccc1. The summed E-state index contributed by atoms with van der Waals surface area (Å²) in [6, 6.07) is 11.6. The molecule has 0 heterocycles. The molecule has 0 N–H and O–H groups in total. The van der Waals surface area contributed by atoms with E-state index in [2.05, 4.69) is 13.0 Å². The molecule has 0 aliphatic rings. The Hall–Kier alpha value is -1.86. The maximum Gasteiger partial charge on any atom is 0.241 e. The highest BCUT2D eigenvalue weighted by molar-refractivity contribution is 5.94. The van der Waals surface area contributed by atoms with E-state index in [0.29, 0.717) is 19.5 Å². The number of nitrogens with zero attached hydrogens (tertiary/aromatic N) is 3. The van der Waals surface area contributed by atoms with E-state index in [-0.39, 0.29) is 5.91 Å². The van der Waals surface area contributed by atoms with Crippen LogP contribution in [0.3, 0.4) is 0 Å². The van der Waals surface area contributed by atoms with Gasteiger partial charge < -0.3 is 4.90 Å². The zero-order valence-corrected chi connectivity index (χ0v) is 12.4. The van der Waals surface area contributed by atoms with Crippen LogP contribution in [0.15, 0.2) is 30.3 Å². The van der Waals surface area contributed by atoms with Crippen LogP contribution in [0.1, 0.15) is 26.2 Å². The van der Waals surface area contributed by atoms with Gasteiger partial charge in [-0.3, -0.25) is 9.69 Å². The van der Waals surface area contributed by atoms with Crippen molar-refractivity contribution in [2.75, 3.05) is 31.6 Å². The fraction of sp³-hybridized carbons (Fsp3) is 0.500. The lowest BCUT2D eigenvalue weighted by atomic mass is 10.2. The maximum absolute atomic E-state index is 12.4. The molecule has 0 aromatic heterocycles. The lowest BCUT2D eigenvalue weighted by Gasteiger charge is -2.25. The highest BCUT2D eigenvalue weighted by Crippen LogP contribution is 2.14. The van der Waals surface area contributed by atoms with Crippen LogP contribution in [0.25, 0.3) is 0 Å². The number of anilines is 1. The van der Waals surface area contributed by atoms with Crippen LogP contribution >= 0.6 is 0 Å². The molecule has 1 aromatic rings. The van der Waals surface area contributed by atoms with Gasteiger partial charge in [-0.15, -0.1) is 0 Å². The van der Waals surface area contributed by atoms with Crippen LogP contribution in [0.2, 0.25) is 0 Å². The predicted molar refractivity (Wildman–Crippen MR) is 81.4 cm³/mol. The van der Waals surface area contributed by atoms with Crippen molar-refractivity contribution in [3.8, 4) is 6.07 Å². The largest absolute Gasteiger partial charge is 0.310 e. The van der Waals surface area contributed by atoms with Crippen molar-refractivity contribution < 1.29 is 4.79 Å². The Morgan fingerprint density at radius 2 is 1.95 bits per heavy atom. The third kappa shape index (κ3) is 5.41. The Kier molecular flexibility index (Phi) is 7.38. The van der Waals surface area contributed by atoms with Crippen LogP contribution in [0, 0.1) is 11.3 Å². The second kappa shape index (κ2) is 9.11. The second-order valence-corrected chi connectivity index (χ2v) is 4.88. The molecule has 0 radical (unpaired) electrons. The summed E-state index contributed by atoms with van der Waals surface area (Å²) in [7, 11) is 1.96. The average molecular weight is 273 g/mol. The molecule has 108 valence electrons. The van der Waals surface area contributed by atoms with Gasteiger partial charge in [-0.25, -0.2) is 0 Å². The van der Waals surface area contributed by atoms with E-state index in [1.54, 1.807) is 4.90 Å². The fourth-order valence-electron chi connectivity index (χ4n) is 1.99. The van der Waals surface area contributed by atoms with Gasteiger partial charge in [0, 0.05) is 12.2 Å². The standard InChI is InChI=1S/C16H23N3O/c1-3-4-12-18(2)14-16(20)19(13-8-11-17)15-9-6-5-7-10-15/h5-7,9-10H,3-4,8,12-14H2,1-2H3. The molecule has 0 spiro atoms. The number of hydrogen-bond donors (Lipinski definition) is 0. The number of carbonyl (C=O) groups excluding carboxylic acids is 1. The van der Waals surface area contributed by atoms with E-state index in [1.165, 1.54) is 0 Å². The molecule has 0 aliphatic heterocycles. The summed E-state index contributed by atoms with van der Waals surface area (Å²) in [6.45, 7) is 3.89. The Morgan fingerprint density at radius 3 is 2.55 bits per heavy atom. The molecule has 0 aliphatic carbocycles. The highest BCUT2D eigenvalue weighted by Gasteiger charge is 2.16. The summed E-state index contributed by atoms with van der Waals surface area (Å²) < 4.78 is 0. The van der Waals surface area contributed by atoms with Gasteiger partial charge in [-0.1, -0.05) is 31.5 Å². The van der Waals surface area contributed by atoms with Crippen molar-refractivity contribution in [2.45, 2.75) is 26.2 Å². The minimum absolute atomic E-state index is 0.0463. The lowest BCUT2D eigenvalue weighted by Crippen LogP contribution is -2.39. The summed E-state index contributed by atoms with van der Waals surface area (Å²) in [4.78, 5) is 16.1. The maximum atomic E-state index is 12.4. The molecule has 0 saturated carbocycles. The number of rotatable bonds is 8. The molecule has 1 rings (SSSR count). The molecule has 4 nitrogen and oxygen atoms in total. The lowest BCUT2D eigenvalue weighted by molar-refractivity contribution is -0.119. The van der Waals surface area contributed by atoms with E-state index >= 15 is 0 Å². The van der Waals surface area contributed by atoms with Crippen molar-refractivity contribution in [3.05, 3.63) is 30.3 Å². The number of unbranched alkanes of at least 4 members (excludes halogenated alkanes) is 1. The average Bonchev–Trinajstić information content (AvgIpc) is 2.46. The third-order valence-electron chi connectivity index (χ3n) is 3.11. The van der Waals surface area contributed by atoms with Crippen LogP contribution in [0.5, 0.6) is 0 Å². The van der Waals surface area contributed by atoms with Gasteiger partial charge >= 0.3 is 0 Å². The number of hydrogen-bond acceptors (Lipinski definition) is 3. The molecular formula is C16H23N3O. The molecule has 1 aromatic carbocycles.